The maximum absolute atomic E-state index is 11.9. The molecule has 0 saturated heterocycles. The highest BCUT2D eigenvalue weighted by atomic mass is 32.2. The molecular weight excluding hydrogens is 328 g/mol. The van der Waals surface area contributed by atoms with Crippen LogP contribution in [0.15, 0.2) is 11.2 Å². The monoisotopic (exact) mass is 348 g/mol. The summed E-state index contributed by atoms with van der Waals surface area (Å²) >= 11 is 0. The number of sulfonamides is 1. The lowest BCUT2D eigenvalue weighted by molar-refractivity contribution is 0.0527. The van der Waals surface area contributed by atoms with Gasteiger partial charge in [-0.2, -0.15) is 5.10 Å². The van der Waals surface area contributed by atoms with Crippen LogP contribution in [0.5, 0.6) is 0 Å². The minimum absolute atomic E-state index is 0.0101. The van der Waals surface area contributed by atoms with Crippen molar-refractivity contribution in [3.05, 3.63) is 11.8 Å². The standard InChI is InChI=1S/C12H20N4O6S/c1-12(2,3)22-11(19)13-5-4-6-15-23(20,21)9-8(10(17)18)7-14-16-9/h7,15H,4-6H2,1-3H3,(H,13,19)(H,14,16)(H,17,18). The summed E-state index contributed by atoms with van der Waals surface area (Å²) in [5.41, 5.74) is -1.05. The van der Waals surface area contributed by atoms with Crippen LogP contribution in [-0.2, 0) is 14.8 Å². The number of hydrogen-bond acceptors (Lipinski definition) is 6. The average Bonchev–Trinajstić information content (AvgIpc) is 2.86. The fourth-order valence-electron chi connectivity index (χ4n) is 1.50. The second kappa shape index (κ2) is 7.42. The lowest BCUT2D eigenvalue weighted by atomic mass is 10.2. The van der Waals surface area contributed by atoms with E-state index in [9.17, 15) is 18.0 Å². The Labute approximate surface area is 133 Å². The summed E-state index contributed by atoms with van der Waals surface area (Å²) < 4.78 is 31.1. The molecule has 1 aromatic heterocycles. The molecule has 1 rings (SSSR count). The molecule has 10 nitrogen and oxygen atoms in total. The van der Waals surface area contributed by atoms with Crippen LogP contribution in [0.25, 0.3) is 0 Å². The smallest absolute Gasteiger partial charge is 0.407 e. The number of aromatic amines is 1. The quantitative estimate of drug-likeness (QED) is 0.517. The van der Waals surface area contributed by atoms with Crippen LogP contribution in [0.2, 0.25) is 0 Å². The maximum Gasteiger partial charge on any atom is 0.407 e. The Morgan fingerprint density at radius 2 is 2.00 bits per heavy atom. The molecule has 130 valence electrons. The first kappa shape index (κ1) is 18.9. The van der Waals surface area contributed by atoms with E-state index in [1.54, 1.807) is 20.8 Å². The van der Waals surface area contributed by atoms with Crippen molar-refractivity contribution in [3.63, 3.8) is 0 Å². The normalized spacial score (nSPS) is 12.0. The van der Waals surface area contributed by atoms with Gasteiger partial charge in [0.1, 0.15) is 11.2 Å². The summed E-state index contributed by atoms with van der Waals surface area (Å²) in [5.74, 6) is -1.40. The van der Waals surface area contributed by atoms with Crippen LogP contribution in [0.1, 0.15) is 37.6 Å². The Bertz CT molecular complexity index is 661. The van der Waals surface area contributed by atoms with E-state index in [0.29, 0.717) is 6.42 Å². The molecule has 0 spiro atoms. The van der Waals surface area contributed by atoms with E-state index < -0.39 is 38.3 Å². The van der Waals surface area contributed by atoms with Crippen LogP contribution in [-0.4, -0.2) is 54.5 Å². The van der Waals surface area contributed by atoms with Crippen molar-refractivity contribution in [2.45, 2.75) is 37.8 Å². The van der Waals surface area contributed by atoms with E-state index in [4.69, 9.17) is 9.84 Å². The van der Waals surface area contributed by atoms with Gasteiger partial charge in [0.15, 0.2) is 5.03 Å². The molecule has 0 atom stereocenters. The third-order valence-corrected chi connectivity index (χ3v) is 3.85. The second-order valence-corrected chi connectivity index (χ2v) is 7.30. The number of carbonyl (C=O) groups excluding carboxylic acids is 1. The lowest BCUT2D eigenvalue weighted by Crippen LogP contribution is -2.34. The van der Waals surface area contributed by atoms with Crippen LogP contribution in [0.3, 0.4) is 0 Å². The molecule has 0 fully saturated rings. The van der Waals surface area contributed by atoms with Crippen LogP contribution in [0, 0.1) is 0 Å². The van der Waals surface area contributed by atoms with E-state index in [1.807, 2.05) is 0 Å². The number of nitrogens with one attached hydrogen (secondary N) is 3. The highest BCUT2D eigenvalue weighted by Crippen LogP contribution is 2.11. The second-order valence-electron chi connectivity index (χ2n) is 5.60. The van der Waals surface area contributed by atoms with E-state index in [-0.39, 0.29) is 13.1 Å². The number of carbonyl (C=O) groups is 2. The van der Waals surface area contributed by atoms with Crippen molar-refractivity contribution in [2.24, 2.45) is 0 Å². The van der Waals surface area contributed by atoms with Gasteiger partial charge in [0.05, 0.1) is 6.20 Å². The number of nitrogens with zero attached hydrogens (tertiary/aromatic N) is 1. The molecule has 0 aliphatic heterocycles. The van der Waals surface area contributed by atoms with Gasteiger partial charge in [-0.05, 0) is 27.2 Å². The highest BCUT2D eigenvalue weighted by Gasteiger charge is 2.24. The molecular formula is C12H20N4O6S. The van der Waals surface area contributed by atoms with Crippen LogP contribution < -0.4 is 10.0 Å². The van der Waals surface area contributed by atoms with Crippen LogP contribution in [0.4, 0.5) is 4.79 Å². The molecule has 11 heteroatoms. The number of rotatable bonds is 7. The van der Waals surface area contributed by atoms with Crippen molar-refractivity contribution < 1.29 is 27.9 Å². The summed E-state index contributed by atoms with van der Waals surface area (Å²) in [6.07, 6.45) is 0.623. The zero-order chi connectivity index (χ0) is 17.7. The van der Waals surface area contributed by atoms with Gasteiger partial charge in [0.2, 0.25) is 0 Å². The number of H-pyrrole nitrogens is 1. The van der Waals surface area contributed by atoms with Gasteiger partial charge in [-0.3, -0.25) is 5.10 Å². The van der Waals surface area contributed by atoms with Crippen LogP contribution >= 0.6 is 0 Å². The summed E-state index contributed by atoms with van der Waals surface area (Å²) in [6, 6.07) is 0. The minimum atomic E-state index is -4.01. The SMILES string of the molecule is CC(C)(C)OC(=O)NCCCNS(=O)(=O)c1[nH]ncc1C(=O)O. The molecule has 0 radical (unpaired) electrons. The lowest BCUT2D eigenvalue weighted by Gasteiger charge is -2.19. The van der Waals surface area contributed by atoms with Crippen molar-refractivity contribution in [3.8, 4) is 0 Å². The molecule has 4 N–H and O–H groups in total. The van der Waals surface area contributed by atoms with Crippen molar-refractivity contribution >= 4 is 22.1 Å². The zero-order valence-electron chi connectivity index (χ0n) is 13.0. The van der Waals surface area contributed by atoms with E-state index in [0.717, 1.165) is 6.20 Å². The van der Waals surface area contributed by atoms with Gasteiger partial charge in [-0.15, -0.1) is 0 Å². The molecule has 0 saturated carbocycles. The highest BCUT2D eigenvalue weighted by molar-refractivity contribution is 7.89. The Balaban J connectivity index is 2.42. The molecule has 0 aliphatic carbocycles. The average molecular weight is 348 g/mol. The predicted octanol–water partition coefficient (Wildman–Crippen LogP) is 0.301. The summed E-state index contributed by atoms with van der Waals surface area (Å²) in [6.45, 7) is 5.39. The molecule has 23 heavy (non-hydrogen) atoms. The summed E-state index contributed by atoms with van der Waals surface area (Å²) in [5, 5.41) is 16.4. The molecule has 1 amide bonds. The van der Waals surface area contributed by atoms with Crippen molar-refractivity contribution in [2.75, 3.05) is 13.1 Å². The molecule has 0 bridgehead atoms. The van der Waals surface area contributed by atoms with Gasteiger partial charge >= 0.3 is 12.1 Å². The number of amides is 1. The molecule has 0 aliphatic rings. The van der Waals surface area contributed by atoms with Crippen molar-refractivity contribution in [1.29, 1.82) is 0 Å². The van der Waals surface area contributed by atoms with Gasteiger partial charge < -0.3 is 15.2 Å². The Morgan fingerprint density at radius 3 is 2.57 bits per heavy atom. The van der Waals surface area contributed by atoms with Gasteiger partial charge in [-0.25, -0.2) is 22.7 Å². The van der Waals surface area contributed by atoms with Gasteiger partial charge in [-0.1, -0.05) is 0 Å². The number of ether oxygens (including phenoxy) is 1. The first-order chi connectivity index (χ1) is 10.5. The molecule has 0 unspecified atom stereocenters. The first-order valence-electron chi connectivity index (χ1n) is 6.76. The Morgan fingerprint density at radius 1 is 1.35 bits per heavy atom. The minimum Gasteiger partial charge on any atom is -0.478 e. The first-order valence-corrected chi connectivity index (χ1v) is 8.24. The fraction of sp³-hybridized carbons (Fsp3) is 0.583. The van der Waals surface area contributed by atoms with E-state index >= 15 is 0 Å². The van der Waals surface area contributed by atoms with E-state index in [1.165, 1.54) is 0 Å². The maximum atomic E-state index is 11.9. The number of alkyl carbamates (subject to hydrolysis) is 1. The largest absolute Gasteiger partial charge is 0.478 e. The van der Waals surface area contributed by atoms with E-state index in [2.05, 4.69) is 20.2 Å². The fourth-order valence-corrected chi connectivity index (χ4v) is 2.66. The Hall–Kier alpha value is -2.14. The Kier molecular flexibility index (Phi) is 6.10. The number of hydrogen-bond donors (Lipinski definition) is 4. The number of aromatic nitrogens is 2. The number of carboxylic acids is 1. The predicted molar refractivity (Wildman–Crippen MR) is 79.6 cm³/mol. The molecule has 0 aromatic carbocycles. The number of aromatic carboxylic acids is 1. The van der Waals surface area contributed by atoms with Crippen molar-refractivity contribution in [1.82, 2.24) is 20.2 Å². The van der Waals surface area contributed by atoms with Gasteiger partial charge in [0, 0.05) is 13.1 Å². The molecule has 1 heterocycles. The zero-order valence-corrected chi connectivity index (χ0v) is 13.9. The van der Waals surface area contributed by atoms with Gasteiger partial charge in [0.25, 0.3) is 10.0 Å². The summed E-state index contributed by atoms with van der Waals surface area (Å²) in [4.78, 5) is 22.3. The molecule has 1 aromatic rings. The third kappa shape index (κ3) is 6.24. The summed E-state index contributed by atoms with van der Waals surface area (Å²) in [7, 11) is -4.01. The topological polar surface area (TPSA) is 150 Å². The third-order valence-electron chi connectivity index (χ3n) is 2.42. The number of carboxylic acid groups (broad SMARTS) is 1.